The minimum atomic E-state index is -0.439. The average Bonchev–Trinajstić information content (AvgIpc) is 2.73. The molecule has 0 amide bonds. The van der Waals surface area contributed by atoms with Crippen molar-refractivity contribution in [2.75, 3.05) is 24.6 Å². The highest BCUT2D eigenvalue weighted by Gasteiger charge is 2.27. The second-order valence-electron chi connectivity index (χ2n) is 7.04. The van der Waals surface area contributed by atoms with E-state index in [1.807, 2.05) is 18.2 Å². The molecule has 3 rings (SSSR count). The zero-order valence-corrected chi connectivity index (χ0v) is 16.5. The van der Waals surface area contributed by atoms with Crippen LogP contribution in [0.25, 0.3) is 11.1 Å². The number of nitriles is 2. The van der Waals surface area contributed by atoms with Gasteiger partial charge in [-0.1, -0.05) is 6.07 Å². The van der Waals surface area contributed by atoms with E-state index in [4.69, 9.17) is 4.74 Å². The third kappa shape index (κ3) is 4.14. The smallest absolute Gasteiger partial charge is 0.309 e. The Morgan fingerprint density at radius 1 is 1.24 bits per heavy atom. The number of piperidine rings is 1. The summed E-state index contributed by atoms with van der Waals surface area (Å²) < 4.78 is 5.11. The van der Waals surface area contributed by atoms with E-state index in [1.165, 1.54) is 0 Å². The quantitative estimate of drug-likeness (QED) is 0.804. The van der Waals surface area contributed by atoms with Gasteiger partial charge in [-0.3, -0.25) is 9.59 Å². The van der Waals surface area contributed by atoms with Gasteiger partial charge in [0.15, 0.2) is 0 Å². The first-order valence-corrected chi connectivity index (χ1v) is 9.58. The Morgan fingerprint density at radius 3 is 2.59 bits per heavy atom. The maximum atomic E-state index is 12.1. The van der Waals surface area contributed by atoms with Crippen LogP contribution in [-0.2, 0) is 9.53 Å². The van der Waals surface area contributed by atoms with Crippen LogP contribution >= 0.6 is 0 Å². The minimum Gasteiger partial charge on any atom is -0.466 e. The Hall–Kier alpha value is -3.58. The number of carbonyl (C=O) groups excluding carboxylic acids is 1. The van der Waals surface area contributed by atoms with E-state index in [0.29, 0.717) is 54.9 Å². The van der Waals surface area contributed by atoms with Crippen LogP contribution < -0.4 is 10.5 Å². The molecule has 2 heterocycles. The maximum Gasteiger partial charge on any atom is 0.309 e. The lowest BCUT2D eigenvalue weighted by atomic mass is 9.94. The summed E-state index contributed by atoms with van der Waals surface area (Å²) in [7, 11) is 0. The van der Waals surface area contributed by atoms with E-state index < -0.39 is 5.56 Å². The Kier molecular flexibility index (Phi) is 5.99. The van der Waals surface area contributed by atoms with Crippen LogP contribution in [0.1, 0.15) is 36.6 Å². The number of aromatic amines is 1. The van der Waals surface area contributed by atoms with Crippen molar-refractivity contribution in [1.82, 2.24) is 4.98 Å². The summed E-state index contributed by atoms with van der Waals surface area (Å²) in [6.07, 6.45) is 1.36. The fourth-order valence-corrected chi connectivity index (χ4v) is 3.71. The number of hydrogen-bond acceptors (Lipinski definition) is 6. The number of benzene rings is 1. The molecule has 1 aromatic heterocycles. The van der Waals surface area contributed by atoms with E-state index in [-0.39, 0.29) is 17.5 Å². The van der Waals surface area contributed by atoms with Crippen molar-refractivity contribution >= 4 is 11.7 Å². The molecule has 0 unspecified atom stereocenters. The Bertz CT molecular complexity index is 1070. The molecule has 29 heavy (non-hydrogen) atoms. The molecule has 1 aliphatic rings. The van der Waals surface area contributed by atoms with Gasteiger partial charge in [0.05, 0.1) is 23.8 Å². The van der Waals surface area contributed by atoms with Gasteiger partial charge in [-0.2, -0.15) is 10.5 Å². The summed E-state index contributed by atoms with van der Waals surface area (Å²) in [5.41, 5.74) is 2.66. The van der Waals surface area contributed by atoms with Crippen molar-refractivity contribution in [3.05, 3.63) is 51.4 Å². The Labute approximate surface area is 169 Å². The van der Waals surface area contributed by atoms with Gasteiger partial charge in [0.25, 0.3) is 5.56 Å². The Balaban J connectivity index is 1.89. The first-order chi connectivity index (χ1) is 14.0. The zero-order chi connectivity index (χ0) is 21.0. The molecule has 0 saturated carbocycles. The van der Waals surface area contributed by atoms with E-state index in [1.54, 1.807) is 26.0 Å². The van der Waals surface area contributed by atoms with E-state index in [2.05, 4.69) is 16.0 Å². The molecular formula is C22H22N4O3. The van der Waals surface area contributed by atoms with Crippen molar-refractivity contribution < 1.29 is 9.53 Å². The van der Waals surface area contributed by atoms with Crippen LogP contribution in [0.15, 0.2) is 29.1 Å². The predicted molar refractivity (Wildman–Crippen MR) is 108 cm³/mol. The number of ether oxygens (including phenoxy) is 1. The van der Waals surface area contributed by atoms with Crippen LogP contribution in [0, 0.1) is 35.5 Å². The molecule has 7 nitrogen and oxygen atoms in total. The molecule has 1 aliphatic heterocycles. The molecule has 0 radical (unpaired) electrons. The number of rotatable bonds is 4. The lowest BCUT2D eigenvalue weighted by molar-refractivity contribution is -0.148. The molecule has 1 aromatic carbocycles. The van der Waals surface area contributed by atoms with Crippen LogP contribution in [0.5, 0.6) is 0 Å². The number of aromatic nitrogens is 1. The number of nitrogens with one attached hydrogen (secondary N) is 1. The van der Waals surface area contributed by atoms with Gasteiger partial charge >= 0.3 is 5.97 Å². The summed E-state index contributed by atoms with van der Waals surface area (Å²) >= 11 is 0. The fourth-order valence-electron chi connectivity index (χ4n) is 3.71. The molecule has 7 heteroatoms. The monoisotopic (exact) mass is 390 g/mol. The number of anilines is 1. The minimum absolute atomic E-state index is 0.0301. The summed E-state index contributed by atoms with van der Waals surface area (Å²) in [4.78, 5) is 28.7. The highest BCUT2D eigenvalue weighted by molar-refractivity contribution is 5.76. The van der Waals surface area contributed by atoms with Gasteiger partial charge in [0, 0.05) is 24.3 Å². The lowest BCUT2D eigenvalue weighted by Crippen LogP contribution is -2.37. The van der Waals surface area contributed by atoms with Gasteiger partial charge in [-0.05, 0) is 50.5 Å². The maximum absolute atomic E-state index is 12.1. The van der Waals surface area contributed by atoms with Gasteiger partial charge < -0.3 is 14.6 Å². The fraction of sp³-hybridized carbons (Fsp3) is 0.364. The molecular weight excluding hydrogens is 368 g/mol. The van der Waals surface area contributed by atoms with E-state index in [0.717, 1.165) is 5.69 Å². The topological polar surface area (TPSA) is 110 Å². The molecule has 2 aromatic rings. The summed E-state index contributed by atoms with van der Waals surface area (Å²) in [5, 5.41) is 19.0. The SMILES string of the molecule is CCOC(=O)C1CCN(c2ccc(-c3cc(C)[nH]c(=O)c3C#N)cc2C#N)CC1. The van der Waals surface area contributed by atoms with E-state index in [9.17, 15) is 20.1 Å². The average molecular weight is 390 g/mol. The van der Waals surface area contributed by atoms with Crippen molar-refractivity contribution in [2.24, 2.45) is 5.92 Å². The summed E-state index contributed by atoms with van der Waals surface area (Å²) in [5.74, 6) is -0.259. The van der Waals surface area contributed by atoms with Gasteiger partial charge in [0.2, 0.25) is 0 Å². The first-order valence-electron chi connectivity index (χ1n) is 9.58. The van der Waals surface area contributed by atoms with E-state index >= 15 is 0 Å². The van der Waals surface area contributed by atoms with Crippen molar-refractivity contribution in [2.45, 2.75) is 26.7 Å². The van der Waals surface area contributed by atoms with Crippen molar-refractivity contribution in [1.29, 1.82) is 10.5 Å². The summed E-state index contributed by atoms with van der Waals surface area (Å²) in [6, 6.07) is 11.3. The number of aryl methyl sites for hydroxylation is 1. The van der Waals surface area contributed by atoms with Crippen molar-refractivity contribution in [3.63, 3.8) is 0 Å². The summed E-state index contributed by atoms with van der Waals surface area (Å²) in [6.45, 7) is 5.24. The highest BCUT2D eigenvalue weighted by atomic mass is 16.5. The molecule has 0 atom stereocenters. The second-order valence-corrected chi connectivity index (χ2v) is 7.04. The van der Waals surface area contributed by atoms with Gasteiger partial charge in [-0.15, -0.1) is 0 Å². The van der Waals surface area contributed by atoms with Crippen LogP contribution in [0.3, 0.4) is 0 Å². The van der Waals surface area contributed by atoms with Crippen LogP contribution in [0.4, 0.5) is 5.69 Å². The molecule has 1 fully saturated rings. The standard InChI is InChI=1S/C22H22N4O3/c1-3-29-22(28)15-6-8-26(9-7-15)20-5-4-16(11-17(20)12-23)18-10-14(2)25-21(27)19(18)13-24/h4-5,10-11,15H,3,6-9H2,1-2H3,(H,25,27). The number of nitrogens with zero attached hydrogens (tertiary/aromatic N) is 3. The molecule has 148 valence electrons. The number of hydrogen-bond donors (Lipinski definition) is 1. The highest BCUT2D eigenvalue weighted by Crippen LogP contribution is 2.31. The number of esters is 1. The third-order valence-electron chi connectivity index (χ3n) is 5.16. The molecule has 1 saturated heterocycles. The molecule has 0 aliphatic carbocycles. The number of pyridine rings is 1. The zero-order valence-electron chi connectivity index (χ0n) is 16.5. The third-order valence-corrected chi connectivity index (χ3v) is 5.16. The van der Waals surface area contributed by atoms with Gasteiger partial charge in [-0.25, -0.2) is 0 Å². The largest absolute Gasteiger partial charge is 0.466 e. The predicted octanol–water partition coefficient (Wildman–Crippen LogP) is 2.87. The molecule has 1 N–H and O–H groups in total. The normalized spacial score (nSPS) is 14.1. The molecule has 0 spiro atoms. The lowest BCUT2D eigenvalue weighted by Gasteiger charge is -2.33. The number of H-pyrrole nitrogens is 1. The Morgan fingerprint density at radius 2 is 1.97 bits per heavy atom. The second kappa shape index (κ2) is 8.62. The van der Waals surface area contributed by atoms with Crippen LogP contribution in [0.2, 0.25) is 0 Å². The van der Waals surface area contributed by atoms with Crippen molar-refractivity contribution in [3.8, 4) is 23.3 Å². The number of carbonyl (C=O) groups is 1. The van der Waals surface area contributed by atoms with Gasteiger partial charge in [0.1, 0.15) is 17.7 Å². The van der Waals surface area contributed by atoms with Crippen LogP contribution in [-0.4, -0.2) is 30.6 Å². The molecule has 0 bridgehead atoms. The first kappa shape index (κ1) is 20.2.